The minimum Gasteiger partial charge on any atom is -0.364 e. The lowest BCUT2D eigenvalue weighted by Gasteiger charge is -2.30. The predicted octanol–water partition coefficient (Wildman–Crippen LogP) is 6.84. The van der Waals surface area contributed by atoms with E-state index < -0.39 is 5.51 Å². The number of alkyl halides is 3. The maximum absolute atomic E-state index is 12.8. The van der Waals surface area contributed by atoms with E-state index in [0.29, 0.717) is 17.1 Å². The van der Waals surface area contributed by atoms with Crippen LogP contribution in [-0.4, -0.2) is 45.7 Å². The van der Waals surface area contributed by atoms with E-state index in [-0.39, 0.29) is 22.2 Å². The van der Waals surface area contributed by atoms with Gasteiger partial charge in [-0.2, -0.15) is 18.3 Å². The van der Waals surface area contributed by atoms with Crippen LogP contribution in [0.25, 0.3) is 5.52 Å². The molecule has 30 heavy (non-hydrogen) atoms. The van der Waals surface area contributed by atoms with Gasteiger partial charge in [0.1, 0.15) is 5.82 Å². The van der Waals surface area contributed by atoms with Crippen molar-refractivity contribution >= 4 is 23.1 Å². The van der Waals surface area contributed by atoms with Crippen molar-refractivity contribution < 1.29 is 13.2 Å². The van der Waals surface area contributed by atoms with Crippen molar-refractivity contribution in [1.82, 2.24) is 14.5 Å². The fraction of sp³-hybridized carbons (Fsp3) is 0.682. The molecule has 0 aromatic carbocycles. The second kappa shape index (κ2) is 11.3. The van der Waals surface area contributed by atoms with Gasteiger partial charge >= 0.3 is 5.51 Å². The number of nitrogens with one attached hydrogen (secondary N) is 1. The zero-order valence-corrected chi connectivity index (χ0v) is 20.3. The Hall–Kier alpha value is -1.41. The van der Waals surface area contributed by atoms with Crippen molar-refractivity contribution in [2.24, 2.45) is 5.92 Å². The number of aromatic nitrogens is 2. The van der Waals surface area contributed by atoms with Gasteiger partial charge in [0.2, 0.25) is 0 Å². The lowest BCUT2D eigenvalue weighted by molar-refractivity contribution is -0.0328. The second-order valence-electron chi connectivity index (χ2n) is 6.86. The van der Waals surface area contributed by atoms with Crippen LogP contribution in [0.2, 0.25) is 0 Å². The molecule has 0 radical (unpaired) electrons. The SMILES string of the molecule is CC.CC.CC.Cc1nn2c(NC34CCN(C)CC3C4)cccc2c1SC(F)(F)F. The summed E-state index contributed by atoms with van der Waals surface area (Å²) in [7, 11) is 2.13. The third kappa shape index (κ3) is 6.06. The highest BCUT2D eigenvalue weighted by Crippen LogP contribution is 2.51. The van der Waals surface area contributed by atoms with Gasteiger partial charge < -0.3 is 10.2 Å². The number of hydrogen-bond donors (Lipinski definition) is 1. The molecular formula is C22H37F3N4S. The molecule has 2 unspecified atom stereocenters. The minimum atomic E-state index is -4.31. The molecule has 2 aromatic heterocycles. The van der Waals surface area contributed by atoms with Crippen LogP contribution in [0.1, 0.15) is 60.1 Å². The van der Waals surface area contributed by atoms with Crippen LogP contribution in [0.3, 0.4) is 0 Å². The average molecular weight is 447 g/mol. The van der Waals surface area contributed by atoms with Crippen LogP contribution in [-0.2, 0) is 0 Å². The number of hydrogen-bond acceptors (Lipinski definition) is 4. The van der Waals surface area contributed by atoms with Crippen LogP contribution < -0.4 is 5.32 Å². The number of anilines is 1. The Labute approximate surface area is 183 Å². The normalized spacial score (nSPS) is 22.4. The molecule has 0 amide bonds. The van der Waals surface area contributed by atoms with Gasteiger partial charge in [0.15, 0.2) is 0 Å². The Balaban J connectivity index is 0.000000691. The molecule has 172 valence electrons. The number of piperidine rings is 1. The summed E-state index contributed by atoms with van der Waals surface area (Å²) in [5, 5.41) is 7.93. The van der Waals surface area contributed by atoms with Crippen molar-refractivity contribution in [1.29, 1.82) is 0 Å². The average Bonchev–Trinajstić information content (AvgIpc) is 3.35. The molecule has 1 saturated carbocycles. The number of fused-ring (bicyclic) bond motifs is 2. The zero-order valence-electron chi connectivity index (χ0n) is 19.5. The first-order valence-corrected chi connectivity index (χ1v) is 11.8. The zero-order chi connectivity index (χ0) is 23.1. The Morgan fingerprint density at radius 3 is 2.33 bits per heavy atom. The third-order valence-electron chi connectivity index (χ3n) is 5.07. The van der Waals surface area contributed by atoms with Crippen LogP contribution in [0.5, 0.6) is 0 Å². The summed E-state index contributed by atoms with van der Waals surface area (Å²) in [6.07, 6.45) is 2.16. The standard InChI is InChI=1S/C16H19F3N4S.3C2H6/c1-10-14(24-16(17,18)19)12-4-3-5-13(23(12)21-10)20-15-6-7-22(2)9-11(15)8-15;3*1-2/h3-5,11,20H,6-9H2,1-2H3;3*1-2H3. The molecule has 0 spiro atoms. The molecule has 1 aliphatic carbocycles. The van der Waals surface area contributed by atoms with Gasteiger partial charge in [-0.15, -0.1) is 0 Å². The van der Waals surface area contributed by atoms with Gasteiger partial charge in [-0.25, -0.2) is 4.52 Å². The summed E-state index contributed by atoms with van der Waals surface area (Å²) in [5.74, 6) is 1.38. The van der Waals surface area contributed by atoms with E-state index in [4.69, 9.17) is 0 Å². The molecule has 1 N–H and O–H groups in total. The molecule has 2 fully saturated rings. The van der Waals surface area contributed by atoms with Crippen LogP contribution >= 0.6 is 11.8 Å². The summed E-state index contributed by atoms with van der Waals surface area (Å²) in [6.45, 7) is 15.7. The topological polar surface area (TPSA) is 32.6 Å². The molecule has 3 heterocycles. The molecular weight excluding hydrogens is 409 g/mol. The van der Waals surface area contributed by atoms with E-state index in [1.807, 2.05) is 47.6 Å². The van der Waals surface area contributed by atoms with Crippen molar-refractivity contribution in [2.75, 3.05) is 25.5 Å². The monoisotopic (exact) mass is 446 g/mol. The van der Waals surface area contributed by atoms with E-state index >= 15 is 0 Å². The number of pyridine rings is 1. The van der Waals surface area contributed by atoms with Crippen LogP contribution in [0.4, 0.5) is 19.0 Å². The molecule has 4 rings (SSSR count). The molecule has 2 aliphatic rings. The number of thioether (sulfide) groups is 1. The van der Waals surface area contributed by atoms with E-state index in [1.54, 1.807) is 23.6 Å². The Kier molecular flexibility index (Phi) is 10.0. The first-order chi connectivity index (χ1) is 14.3. The van der Waals surface area contributed by atoms with Gasteiger partial charge in [-0.3, -0.25) is 0 Å². The fourth-order valence-electron chi connectivity index (χ4n) is 3.75. The molecule has 4 nitrogen and oxygen atoms in total. The largest absolute Gasteiger partial charge is 0.446 e. The quantitative estimate of drug-likeness (QED) is 0.523. The number of aryl methyl sites for hydroxylation is 1. The fourth-order valence-corrected chi connectivity index (χ4v) is 4.43. The summed E-state index contributed by atoms with van der Waals surface area (Å²) >= 11 is -0.0897. The number of rotatable bonds is 3. The first kappa shape index (κ1) is 26.6. The van der Waals surface area contributed by atoms with Gasteiger partial charge in [-0.05, 0) is 56.6 Å². The maximum Gasteiger partial charge on any atom is 0.446 e. The van der Waals surface area contributed by atoms with E-state index in [9.17, 15) is 13.2 Å². The predicted molar refractivity (Wildman–Crippen MR) is 122 cm³/mol. The second-order valence-corrected chi connectivity index (χ2v) is 7.94. The minimum absolute atomic E-state index is 0.0813. The highest BCUT2D eigenvalue weighted by molar-refractivity contribution is 8.00. The molecule has 1 aliphatic heterocycles. The lowest BCUT2D eigenvalue weighted by atomic mass is 10.1. The number of halogens is 3. The Bertz CT molecular complexity index is 791. The first-order valence-electron chi connectivity index (χ1n) is 11.0. The van der Waals surface area contributed by atoms with Crippen molar-refractivity contribution in [2.45, 2.75) is 77.3 Å². The smallest absolute Gasteiger partial charge is 0.364 e. The molecule has 1 saturated heterocycles. The third-order valence-corrected chi connectivity index (χ3v) is 6.01. The van der Waals surface area contributed by atoms with Gasteiger partial charge in [0.25, 0.3) is 0 Å². The molecule has 8 heteroatoms. The van der Waals surface area contributed by atoms with Gasteiger partial charge in [-0.1, -0.05) is 47.6 Å². The summed E-state index contributed by atoms with van der Waals surface area (Å²) in [4.78, 5) is 2.51. The summed E-state index contributed by atoms with van der Waals surface area (Å²) in [6, 6.07) is 5.38. The van der Waals surface area contributed by atoms with Gasteiger partial charge in [0.05, 0.1) is 16.1 Å². The van der Waals surface area contributed by atoms with Crippen LogP contribution in [0.15, 0.2) is 23.1 Å². The molecule has 2 atom stereocenters. The van der Waals surface area contributed by atoms with Crippen molar-refractivity contribution in [3.63, 3.8) is 0 Å². The van der Waals surface area contributed by atoms with Gasteiger partial charge in [0, 0.05) is 18.6 Å². The molecule has 2 aromatic rings. The maximum atomic E-state index is 12.8. The van der Waals surface area contributed by atoms with E-state index in [2.05, 4.69) is 22.4 Å². The lowest BCUT2D eigenvalue weighted by Crippen LogP contribution is -2.39. The Morgan fingerprint density at radius 1 is 1.13 bits per heavy atom. The molecule has 0 bridgehead atoms. The number of likely N-dealkylation sites (tertiary alicyclic amines) is 1. The summed E-state index contributed by atoms with van der Waals surface area (Å²) in [5.41, 5.74) is -3.33. The summed E-state index contributed by atoms with van der Waals surface area (Å²) < 4.78 is 40.0. The van der Waals surface area contributed by atoms with Crippen molar-refractivity contribution in [3.8, 4) is 0 Å². The highest BCUT2D eigenvalue weighted by Gasteiger charge is 2.56. The highest BCUT2D eigenvalue weighted by atomic mass is 32.2. The van der Waals surface area contributed by atoms with Crippen molar-refractivity contribution in [3.05, 3.63) is 23.9 Å². The van der Waals surface area contributed by atoms with Crippen LogP contribution in [0, 0.1) is 12.8 Å². The van der Waals surface area contributed by atoms with E-state index in [1.165, 1.54) is 0 Å². The van der Waals surface area contributed by atoms with E-state index in [0.717, 1.165) is 31.7 Å². The number of nitrogens with zero attached hydrogens (tertiary/aromatic N) is 3. The Morgan fingerprint density at radius 2 is 1.77 bits per heavy atom.